The largest absolute Gasteiger partial charge is 0.768 e. The zero-order valence-corrected chi connectivity index (χ0v) is 36.4. The molecule has 0 radical (unpaired) electrons. The third-order valence-electron chi connectivity index (χ3n) is 8.00. The molecule has 49 heavy (non-hydrogen) atoms. The van der Waals surface area contributed by atoms with Gasteiger partial charge in [-0.15, -0.1) is 0 Å². The van der Waals surface area contributed by atoms with Crippen molar-refractivity contribution in [3.05, 3.63) is 57.5 Å². The molecule has 0 amide bonds. The smallest absolute Gasteiger partial charge is 0.0248 e. The second-order valence-corrected chi connectivity index (χ2v) is 14.1. The van der Waals surface area contributed by atoms with E-state index in [1.165, 1.54) is 173 Å². The molecule has 0 aliphatic rings. The van der Waals surface area contributed by atoms with Gasteiger partial charge in [0.05, 0.1) is 0 Å². The summed E-state index contributed by atoms with van der Waals surface area (Å²) < 4.78 is 20.4. The average Bonchev–Trinajstić information content (AvgIpc) is 3.10. The van der Waals surface area contributed by atoms with Gasteiger partial charge in [0.25, 0.3) is 0 Å². The Morgan fingerprint density at radius 2 is 0.673 bits per heavy atom. The van der Waals surface area contributed by atoms with E-state index in [9.17, 15) is 8.76 Å². The summed E-state index contributed by atoms with van der Waals surface area (Å²) in [6.07, 6.45) is 43.7. The Morgan fingerprint density at radius 1 is 0.469 bits per heavy atom. The first-order chi connectivity index (χ1) is 23.5. The predicted octanol–water partition coefficient (Wildman–Crippen LogP) is 16.4. The maximum absolute atomic E-state index is 10.2. The van der Waals surface area contributed by atoms with Gasteiger partial charge in [-0.3, -0.25) is 4.21 Å². The van der Waals surface area contributed by atoms with Crippen molar-refractivity contribution in [1.29, 1.82) is 0 Å². The fourth-order valence-corrected chi connectivity index (χ4v) is 5.37. The Morgan fingerprint density at radius 3 is 0.837 bits per heavy atom. The summed E-state index contributed by atoms with van der Waals surface area (Å²) in [5, 5.41) is 0. The van der Waals surface area contributed by atoms with Crippen LogP contribution in [-0.2, 0) is 32.8 Å². The van der Waals surface area contributed by atoms with Crippen molar-refractivity contribution in [2.75, 3.05) is 0 Å². The number of rotatable bonds is 28. The van der Waals surface area contributed by atoms with Crippen LogP contribution in [0.5, 0.6) is 0 Å². The Bertz CT molecular complexity index is 563. The molecular formula is C45H87O2STi-5. The van der Waals surface area contributed by atoms with E-state index in [-0.39, 0.29) is 21.7 Å². The summed E-state index contributed by atoms with van der Waals surface area (Å²) in [7, 11) is 0. The van der Waals surface area contributed by atoms with Crippen molar-refractivity contribution >= 4 is 11.1 Å². The average molecular weight is 740 g/mol. The van der Waals surface area contributed by atoms with Crippen LogP contribution >= 0.6 is 0 Å². The number of hydrogen-bond donors (Lipinski definition) is 0. The third-order valence-corrected chi connectivity index (χ3v) is 8.65. The van der Waals surface area contributed by atoms with E-state index < -0.39 is 11.1 Å². The topological polar surface area (TPSA) is 40.1 Å². The summed E-state index contributed by atoms with van der Waals surface area (Å²) in [5.74, 6) is 0. The van der Waals surface area contributed by atoms with Crippen LogP contribution < -0.4 is 0 Å². The summed E-state index contributed by atoms with van der Waals surface area (Å²) in [6.45, 7) is 22.3. The van der Waals surface area contributed by atoms with E-state index in [4.69, 9.17) is 0 Å². The maximum Gasteiger partial charge on any atom is 0.0248 e. The molecule has 0 aliphatic carbocycles. The number of benzene rings is 1. The quantitative estimate of drug-likeness (QED) is 0.0372. The van der Waals surface area contributed by atoms with Crippen LogP contribution in [0.1, 0.15) is 227 Å². The zero-order chi connectivity index (χ0) is 36.6. The molecule has 1 aromatic rings. The van der Waals surface area contributed by atoms with Crippen LogP contribution in [0.2, 0.25) is 0 Å². The zero-order valence-electron chi connectivity index (χ0n) is 34.0. The predicted molar refractivity (Wildman–Crippen MR) is 221 cm³/mol. The Balaban J connectivity index is -0.000000170. The van der Waals surface area contributed by atoms with Gasteiger partial charge in [-0.2, -0.15) is 33.1 Å². The van der Waals surface area contributed by atoms with Crippen LogP contribution in [-0.4, -0.2) is 8.76 Å². The maximum atomic E-state index is 10.2. The molecule has 0 N–H and O–H groups in total. The van der Waals surface area contributed by atoms with Gasteiger partial charge in [-0.1, -0.05) is 212 Å². The molecule has 0 spiro atoms. The standard InChI is InChI=1S/3C12H25.C6H6O2S.C3H7.Ti/c3*1-3-5-7-9-11-12-10-8-6-4-2;7-9(8)6-4-2-1-3-5-6;1-3-2;/h3*1,3-12H2,2H3;1-5H,(H,7,8);3H,1-2H3;/q3*-1;;-1;/p-1. The molecule has 0 fully saturated rings. The van der Waals surface area contributed by atoms with Gasteiger partial charge in [-0.25, -0.2) is 0 Å². The molecule has 0 bridgehead atoms. The summed E-state index contributed by atoms with van der Waals surface area (Å²) in [6, 6.07) is 8.23. The molecule has 1 atom stereocenters. The fraction of sp³-hybridized carbons (Fsp3) is 0.778. The molecule has 0 aliphatic heterocycles. The van der Waals surface area contributed by atoms with Gasteiger partial charge in [0.1, 0.15) is 0 Å². The van der Waals surface area contributed by atoms with E-state index in [0.29, 0.717) is 4.90 Å². The van der Waals surface area contributed by atoms with Gasteiger partial charge in [0.2, 0.25) is 0 Å². The minimum Gasteiger partial charge on any atom is -0.768 e. The van der Waals surface area contributed by atoms with Gasteiger partial charge >= 0.3 is 0 Å². The van der Waals surface area contributed by atoms with Crippen LogP contribution in [0.25, 0.3) is 0 Å². The van der Waals surface area contributed by atoms with Crippen LogP contribution in [0, 0.1) is 27.2 Å². The molecule has 0 saturated heterocycles. The number of hydrogen-bond acceptors (Lipinski definition) is 2. The van der Waals surface area contributed by atoms with Crippen LogP contribution in [0.3, 0.4) is 0 Å². The van der Waals surface area contributed by atoms with E-state index in [1.54, 1.807) is 30.3 Å². The molecule has 1 aromatic carbocycles. The van der Waals surface area contributed by atoms with E-state index >= 15 is 0 Å². The normalized spacial score (nSPS) is 10.5. The fourth-order valence-electron chi connectivity index (χ4n) is 4.99. The van der Waals surface area contributed by atoms with Gasteiger partial charge < -0.3 is 31.7 Å². The molecule has 294 valence electrons. The van der Waals surface area contributed by atoms with Crippen molar-refractivity contribution in [3.63, 3.8) is 0 Å². The minimum absolute atomic E-state index is 0. The van der Waals surface area contributed by atoms with Gasteiger partial charge in [0.15, 0.2) is 0 Å². The van der Waals surface area contributed by atoms with Crippen molar-refractivity contribution < 1.29 is 30.5 Å². The first kappa shape index (κ1) is 58.4. The Hall–Kier alpha value is 0.0443. The van der Waals surface area contributed by atoms with Gasteiger partial charge in [0, 0.05) is 26.6 Å². The summed E-state index contributed by atoms with van der Waals surface area (Å²) in [5.41, 5.74) is 0. The first-order valence-electron chi connectivity index (χ1n) is 20.7. The minimum atomic E-state index is -2.08. The SMILES string of the molecule is C[CH-]C.O=S([O-])c1ccccc1.[CH2-]CCCCCCCCCCC.[CH2-]CCCCCCCCCCC.[CH2-]CCCCCCCCCCC.[Ti]. The van der Waals surface area contributed by atoms with E-state index in [0.717, 1.165) is 19.3 Å². The second kappa shape index (κ2) is 60.2. The monoisotopic (exact) mass is 740 g/mol. The molecule has 4 heteroatoms. The van der Waals surface area contributed by atoms with Crippen LogP contribution in [0.15, 0.2) is 35.2 Å². The van der Waals surface area contributed by atoms with E-state index in [1.807, 2.05) is 20.3 Å². The van der Waals surface area contributed by atoms with Crippen molar-refractivity contribution in [1.82, 2.24) is 0 Å². The molecular weight excluding hydrogens is 652 g/mol. The summed E-state index contributed by atoms with van der Waals surface area (Å²) in [4.78, 5) is 0.331. The molecule has 1 unspecified atom stereocenters. The molecule has 1 rings (SSSR count). The molecule has 0 saturated carbocycles. The molecule has 0 heterocycles. The second-order valence-electron chi connectivity index (χ2n) is 13.2. The van der Waals surface area contributed by atoms with Crippen molar-refractivity contribution in [3.8, 4) is 0 Å². The first-order valence-corrected chi connectivity index (χ1v) is 21.8. The van der Waals surface area contributed by atoms with Gasteiger partial charge in [-0.05, 0) is 23.2 Å². The van der Waals surface area contributed by atoms with E-state index in [2.05, 4.69) is 41.5 Å². The number of unbranched alkanes of at least 4 members (excludes halogenated alkanes) is 27. The third kappa shape index (κ3) is 66.8. The summed E-state index contributed by atoms with van der Waals surface area (Å²) >= 11 is -2.08. The Labute approximate surface area is 329 Å². The van der Waals surface area contributed by atoms with Crippen LogP contribution in [0.4, 0.5) is 0 Å². The molecule has 2 nitrogen and oxygen atoms in total. The Kier molecular flexibility index (Phi) is 71.6. The van der Waals surface area contributed by atoms with Crippen molar-refractivity contribution in [2.45, 2.75) is 232 Å². The van der Waals surface area contributed by atoms with Crippen molar-refractivity contribution in [2.24, 2.45) is 0 Å². The molecule has 0 aromatic heterocycles.